The Balaban J connectivity index is 1.41. The number of nitriles is 1. The van der Waals surface area contributed by atoms with Crippen molar-refractivity contribution in [1.82, 2.24) is 0 Å². The second-order valence-corrected chi connectivity index (χ2v) is 10.5. The molecule has 0 amide bonds. The summed E-state index contributed by atoms with van der Waals surface area (Å²) in [5.41, 5.74) is 3.15. The average Bonchev–Trinajstić information content (AvgIpc) is 2.87. The van der Waals surface area contributed by atoms with E-state index in [1.54, 1.807) is 5.56 Å². The van der Waals surface area contributed by atoms with Gasteiger partial charge >= 0.3 is 0 Å². The topological polar surface area (TPSA) is 33.0 Å². The molecule has 180 valence electrons. The summed E-state index contributed by atoms with van der Waals surface area (Å²) in [5.74, 6) is 2.58. The van der Waals surface area contributed by atoms with E-state index >= 15 is 0 Å². The second-order valence-electron chi connectivity index (χ2n) is 10.5. The normalized spacial score (nSPS) is 28.3. The molecular weight excluding hydrogens is 402 g/mol. The summed E-state index contributed by atoms with van der Waals surface area (Å²) in [5, 5.41) is 8.56. The van der Waals surface area contributed by atoms with Crippen LogP contribution < -0.4 is 0 Å². The minimum Gasteiger partial charge on any atom is -0.378 e. The van der Waals surface area contributed by atoms with E-state index < -0.39 is 0 Å². The molecule has 0 spiro atoms. The molecular formula is C31H45NO. The van der Waals surface area contributed by atoms with Gasteiger partial charge in [0.25, 0.3) is 0 Å². The van der Waals surface area contributed by atoms with Gasteiger partial charge < -0.3 is 4.74 Å². The molecule has 2 nitrogen and oxygen atoms in total. The summed E-state index contributed by atoms with van der Waals surface area (Å²) in [4.78, 5) is 0. The fourth-order valence-electron chi connectivity index (χ4n) is 6.27. The van der Waals surface area contributed by atoms with Gasteiger partial charge in [-0.2, -0.15) is 5.26 Å². The van der Waals surface area contributed by atoms with Crippen LogP contribution in [-0.4, -0.2) is 12.7 Å². The molecule has 0 unspecified atom stereocenters. The molecule has 1 aromatic rings. The van der Waals surface area contributed by atoms with Crippen molar-refractivity contribution in [3.05, 3.63) is 59.7 Å². The Kier molecular flexibility index (Phi) is 10.7. The van der Waals surface area contributed by atoms with Gasteiger partial charge in [0, 0.05) is 13.2 Å². The number of hydrogen-bond donors (Lipinski definition) is 0. The van der Waals surface area contributed by atoms with Crippen molar-refractivity contribution in [2.75, 3.05) is 7.11 Å². The van der Waals surface area contributed by atoms with E-state index in [4.69, 9.17) is 10.00 Å². The summed E-state index contributed by atoms with van der Waals surface area (Å²) in [7, 11) is 1.90. The van der Waals surface area contributed by atoms with Crippen molar-refractivity contribution in [2.45, 2.75) is 108 Å². The summed E-state index contributed by atoms with van der Waals surface area (Å²) >= 11 is 0. The zero-order chi connectivity index (χ0) is 23.4. The number of methoxy groups -OCH3 is 1. The molecule has 2 fully saturated rings. The van der Waals surface area contributed by atoms with Gasteiger partial charge in [0.2, 0.25) is 0 Å². The highest BCUT2D eigenvalue weighted by atomic mass is 16.5. The van der Waals surface area contributed by atoms with Gasteiger partial charge in [-0.1, -0.05) is 62.3 Å². The lowest BCUT2D eigenvalue weighted by Gasteiger charge is -2.43. The van der Waals surface area contributed by atoms with Gasteiger partial charge in [-0.05, 0) is 106 Å². The standard InChI is InChI=1S/C31H45NO/c1-3-4-8-11-26-12-14-27(15-13-26)28-16-18-29(19-17-28)30-20-23-31(33-2,24-21-30)22-9-6-5-7-10-25-32/h5-7,10,12-15,28-30H,3-4,8-9,11,16-24H2,1-2H3/t28-,29-,30-,31+. The molecule has 2 aliphatic carbocycles. The highest BCUT2D eigenvalue weighted by molar-refractivity contribution is 5.26. The molecule has 0 atom stereocenters. The highest BCUT2D eigenvalue weighted by Gasteiger charge is 2.38. The minimum atomic E-state index is 0.0653. The fourth-order valence-corrected chi connectivity index (χ4v) is 6.27. The largest absolute Gasteiger partial charge is 0.378 e. The molecule has 2 heteroatoms. The predicted molar refractivity (Wildman–Crippen MR) is 139 cm³/mol. The van der Waals surface area contributed by atoms with Crippen LogP contribution in [0.3, 0.4) is 0 Å². The molecule has 0 aromatic heterocycles. The zero-order valence-electron chi connectivity index (χ0n) is 21.1. The van der Waals surface area contributed by atoms with Crippen LogP contribution in [0.2, 0.25) is 0 Å². The monoisotopic (exact) mass is 447 g/mol. The first-order chi connectivity index (χ1) is 16.2. The van der Waals surface area contributed by atoms with Crippen LogP contribution in [-0.2, 0) is 11.2 Å². The molecule has 1 aromatic carbocycles. The van der Waals surface area contributed by atoms with Crippen molar-refractivity contribution in [2.24, 2.45) is 11.8 Å². The van der Waals surface area contributed by atoms with Crippen molar-refractivity contribution in [3.63, 3.8) is 0 Å². The van der Waals surface area contributed by atoms with E-state index in [2.05, 4.69) is 37.3 Å². The van der Waals surface area contributed by atoms with Crippen LogP contribution in [0.15, 0.2) is 48.6 Å². The maximum absolute atomic E-state index is 8.56. The SMILES string of the molecule is CCCCCc1ccc([C@H]2CC[C@H]([C@H]3CC[C@@](CCC=CC=CC#N)(OC)CC3)CC2)cc1. The minimum absolute atomic E-state index is 0.0653. The van der Waals surface area contributed by atoms with Gasteiger partial charge in [0.05, 0.1) is 11.7 Å². The Hall–Kier alpha value is -1.85. The Morgan fingerprint density at radius 3 is 2.30 bits per heavy atom. The third kappa shape index (κ3) is 7.86. The maximum atomic E-state index is 8.56. The van der Waals surface area contributed by atoms with Crippen LogP contribution in [0.4, 0.5) is 0 Å². The molecule has 0 saturated heterocycles. The van der Waals surface area contributed by atoms with Crippen LogP contribution in [0, 0.1) is 23.2 Å². The summed E-state index contributed by atoms with van der Waals surface area (Å²) < 4.78 is 6.05. The number of unbranched alkanes of at least 4 members (excludes halogenated alkanes) is 2. The first-order valence-electron chi connectivity index (χ1n) is 13.5. The van der Waals surface area contributed by atoms with Gasteiger partial charge in [-0.25, -0.2) is 0 Å². The summed E-state index contributed by atoms with van der Waals surface area (Å²) in [6.07, 6.45) is 25.4. The van der Waals surface area contributed by atoms with Gasteiger partial charge in [0.1, 0.15) is 0 Å². The molecule has 0 heterocycles. The highest BCUT2D eigenvalue weighted by Crippen LogP contribution is 2.46. The summed E-state index contributed by atoms with van der Waals surface area (Å²) in [6, 6.07) is 11.6. The van der Waals surface area contributed by atoms with E-state index in [1.807, 2.05) is 25.3 Å². The molecule has 0 N–H and O–H groups in total. The van der Waals surface area contributed by atoms with Gasteiger partial charge in [-0.3, -0.25) is 0 Å². The lowest BCUT2D eigenvalue weighted by Crippen LogP contribution is -2.38. The Morgan fingerprint density at radius 1 is 0.970 bits per heavy atom. The lowest BCUT2D eigenvalue weighted by atomic mass is 9.66. The van der Waals surface area contributed by atoms with Crippen molar-refractivity contribution < 1.29 is 4.74 Å². The quantitative estimate of drug-likeness (QED) is 0.193. The second kappa shape index (κ2) is 13.8. The maximum Gasteiger partial charge on any atom is 0.0912 e. The predicted octanol–water partition coefficient (Wildman–Crippen LogP) is 8.68. The first kappa shape index (κ1) is 25.8. The van der Waals surface area contributed by atoms with Crippen molar-refractivity contribution >= 4 is 0 Å². The van der Waals surface area contributed by atoms with E-state index in [-0.39, 0.29) is 5.60 Å². The van der Waals surface area contributed by atoms with E-state index in [9.17, 15) is 0 Å². The van der Waals surface area contributed by atoms with Crippen molar-refractivity contribution in [1.29, 1.82) is 5.26 Å². The fraction of sp³-hybridized carbons (Fsp3) is 0.645. The van der Waals surface area contributed by atoms with Crippen LogP contribution in [0.1, 0.15) is 107 Å². The molecule has 0 radical (unpaired) electrons. The van der Waals surface area contributed by atoms with Gasteiger partial charge in [-0.15, -0.1) is 0 Å². The molecule has 33 heavy (non-hydrogen) atoms. The Morgan fingerprint density at radius 2 is 1.67 bits per heavy atom. The third-order valence-electron chi connectivity index (χ3n) is 8.52. The molecule has 0 aliphatic heterocycles. The van der Waals surface area contributed by atoms with Crippen LogP contribution >= 0.6 is 0 Å². The summed E-state index contributed by atoms with van der Waals surface area (Å²) in [6.45, 7) is 2.28. The van der Waals surface area contributed by atoms with Gasteiger partial charge in [0.15, 0.2) is 0 Å². The van der Waals surface area contributed by atoms with Crippen molar-refractivity contribution in [3.8, 4) is 6.07 Å². The average molecular weight is 448 g/mol. The molecule has 0 bridgehead atoms. The Bertz CT molecular complexity index is 768. The third-order valence-corrected chi connectivity index (χ3v) is 8.52. The Labute approximate surface area is 203 Å². The molecule has 3 rings (SSSR count). The number of benzene rings is 1. The zero-order valence-corrected chi connectivity index (χ0v) is 21.1. The number of hydrogen-bond acceptors (Lipinski definition) is 2. The number of nitrogens with zero attached hydrogens (tertiary/aromatic N) is 1. The van der Waals surface area contributed by atoms with E-state index in [0.29, 0.717) is 0 Å². The smallest absolute Gasteiger partial charge is 0.0912 e. The number of aryl methyl sites for hydroxylation is 1. The lowest BCUT2D eigenvalue weighted by molar-refractivity contribution is -0.0614. The number of allylic oxidation sites excluding steroid dienone is 4. The molecule has 2 saturated carbocycles. The van der Waals surface area contributed by atoms with E-state index in [0.717, 1.165) is 30.6 Å². The van der Waals surface area contributed by atoms with Crippen LogP contribution in [0.5, 0.6) is 0 Å². The van der Waals surface area contributed by atoms with Crippen LogP contribution in [0.25, 0.3) is 0 Å². The first-order valence-corrected chi connectivity index (χ1v) is 13.5. The number of rotatable bonds is 11. The number of ether oxygens (including phenoxy) is 1. The molecule has 2 aliphatic rings. The van der Waals surface area contributed by atoms with E-state index in [1.165, 1.54) is 88.7 Å².